The summed E-state index contributed by atoms with van der Waals surface area (Å²) in [4.78, 5) is 18.2. The largest absolute Gasteiger partial charge is 0.383 e. The molecule has 3 rings (SSSR count). The summed E-state index contributed by atoms with van der Waals surface area (Å²) in [6.07, 6.45) is 3.33. The first-order valence-electron chi connectivity index (χ1n) is 7.50. The molecule has 0 spiro atoms. The van der Waals surface area contributed by atoms with Crippen molar-refractivity contribution in [1.82, 2.24) is 15.2 Å². The molecule has 1 amide bonds. The number of halogens is 1. The number of carbonyl (C=O) groups excluding carboxylic acids is 1. The second kappa shape index (κ2) is 7.91. The number of rotatable bonds is 6. The number of amides is 1. The molecule has 0 bridgehead atoms. The Kier molecular flexibility index (Phi) is 5.42. The molecule has 0 atom stereocenters. The molecule has 0 radical (unpaired) electrons. The Balaban J connectivity index is 1.92. The van der Waals surface area contributed by atoms with Crippen LogP contribution >= 0.6 is 11.3 Å². The number of anilines is 1. The molecular weight excluding hydrogens is 343 g/mol. The van der Waals surface area contributed by atoms with Crippen molar-refractivity contribution < 1.29 is 13.9 Å². The van der Waals surface area contributed by atoms with E-state index in [4.69, 9.17) is 4.74 Å². The third-order valence-corrected chi connectivity index (χ3v) is 4.42. The summed E-state index contributed by atoms with van der Waals surface area (Å²) in [6, 6.07) is 9.51. The number of hydrogen-bond donors (Lipinski definition) is 0. The van der Waals surface area contributed by atoms with Crippen LogP contribution in [0.1, 0.15) is 10.4 Å². The number of ether oxygens (including phenoxy) is 1. The summed E-state index contributed by atoms with van der Waals surface area (Å²) < 4.78 is 19.0. The minimum atomic E-state index is -0.577. The Labute approximate surface area is 147 Å². The van der Waals surface area contributed by atoms with E-state index in [0.29, 0.717) is 16.7 Å². The highest BCUT2D eigenvalue weighted by molar-refractivity contribution is 7.18. The molecule has 0 saturated heterocycles. The van der Waals surface area contributed by atoms with E-state index in [-0.39, 0.29) is 12.1 Å². The molecule has 3 aromatic rings. The minimum absolute atomic E-state index is 0.0169. The molecule has 0 unspecified atom stereocenters. The average Bonchev–Trinajstić information content (AvgIpc) is 3.13. The maximum Gasteiger partial charge on any atom is 0.263 e. The smallest absolute Gasteiger partial charge is 0.263 e. The third kappa shape index (κ3) is 3.86. The number of aromatic nitrogens is 3. The number of methoxy groups -OCH3 is 1. The molecule has 2 heterocycles. The lowest BCUT2D eigenvalue weighted by Crippen LogP contribution is -2.34. The van der Waals surface area contributed by atoms with Crippen LogP contribution in [-0.4, -0.2) is 41.3 Å². The molecule has 25 heavy (non-hydrogen) atoms. The normalized spacial score (nSPS) is 10.6. The Bertz CT molecular complexity index is 857. The van der Waals surface area contributed by atoms with Crippen LogP contribution in [0, 0.1) is 5.82 Å². The van der Waals surface area contributed by atoms with Crippen LogP contribution in [0.5, 0.6) is 0 Å². The van der Waals surface area contributed by atoms with Crippen LogP contribution in [0.3, 0.4) is 0 Å². The average molecular weight is 358 g/mol. The van der Waals surface area contributed by atoms with Gasteiger partial charge in [-0.3, -0.25) is 14.7 Å². The van der Waals surface area contributed by atoms with E-state index in [1.807, 2.05) is 6.07 Å². The molecule has 0 aliphatic carbocycles. The van der Waals surface area contributed by atoms with E-state index < -0.39 is 11.7 Å². The Hall–Kier alpha value is -2.71. The quantitative estimate of drug-likeness (QED) is 0.677. The summed E-state index contributed by atoms with van der Waals surface area (Å²) in [7, 11) is 1.53. The SMILES string of the molecule is COCCN(C(=O)c1ccccc1F)c1nnc(-c2cccnc2)s1. The molecule has 0 N–H and O–H groups in total. The summed E-state index contributed by atoms with van der Waals surface area (Å²) in [5.41, 5.74) is 0.785. The molecule has 1 aromatic carbocycles. The van der Waals surface area contributed by atoms with Crippen LogP contribution in [0.4, 0.5) is 9.52 Å². The molecule has 0 aliphatic rings. The van der Waals surface area contributed by atoms with Crippen molar-refractivity contribution >= 4 is 22.4 Å². The first-order valence-corrected chi connectivity index (χ1v) is 8.31. The van der Waals surface area contributed by atoms with Gasteiger partial charge in [0, 0.05) is 25.1 Å². The summed E-state index contributed by atoms with van der Waals surface area (Å²) in [6.45, 7) is 0.535. The second-order valence-electron chi connectivity index (χ2n) is 5.06. The molecular formula is C17H15FN4O2S. The highest BCUT2D eigenvalue weighted by atomic mass is 32.1. The van der Waals surface area contributed by atoms with Gasteiger partial charge in [0.2, 0.25) is 5.13 Å². The van der Waals surface area contributed by atoms with Crippen LogP contribution < -0.4 is 4.90 Å². The first kappa shape index (κ1) is 17.1. The molecule has 0 saturated carbocycles. The Morgan fingerprint density at radius 2 is 2.08 bits per heavy atom. The van der Waals surface area contributed by atoms with E-state index in [1.54, 1.807) is 24.5 Å². The van der Waals surface area contributed by atoms with Crippen LogP contribution in [0.15, 0.2) is 48.8 Å². The standard InChI is InChI=1S/C17H15FN4O2S/c1-24-10-9-22(16(23)13-6-2-3-7-14(13)18)17-21-20-15(25-17)12-5-4-8-19-11-12/h2-8,11H,9-10H2,1H3. The monoisotopic (exact) mass is 358 g/mol. The van der Waals surface area contributed by atoms with E-state index in [2.05, 4.69) is 15.2 Å². The number of carbonyl (C=O) groups is 1. The van der Waals surface area contributed by atoms with Crippen LogP contribution in [0.25, 0.3) is 10.6 Å². The van der Waals surface area contributed by atoms with Gasteiger partial charge < -0.3 is 4.74 Å². The van der Waals surface area contributed by atoms with Gasteiger partial charge in [-0.15, -0.1) is 10.2 Å². The zero-order valence-electron chi connectivity index (χ0n) is 13.4. The first-order chi connectivity index (χ1) is 12.2. The van der Waals surface area contributed by atoms with Gasteiger partial charge in [-0.05, 0) is 24.3 Å². The van der Waals surface area contributed by atoms with Crippen LogP contribution in [0.2, 0.25) is 0 Å². The van der Waals surface area contributed by atoms with E-state index in [9.17, 15) is 9.18 Å². The van der Waals surface area contributed by atoms with Crippen LogP contribution in [-0.2, 0) is 4.74 Å². The topological polar surface area (TPSA) is 68.2 Å². The van der Waals surface area contributed by atoms with Gasteiger partial charge >= 0.3 is 0 Å². The van der Waals surface area contributed by atoms with Gasteiger partial charge in [0.15, 0.2) is 5.01 Å². The summed E-state index contributed by atoms with van der Waals surface area (Å²) in [5, 5.41) is 9.21. The summed E-state index contributed by atoms with van der Waals surface area (Å²) >= 11 is 1.24. The van der Waals surface area contributed by atoms with Gasteiger partial charge in [0.25, 0.3) is 5.91 Å². The number of hydrogen-bond acceptors (Lipinski definition) is 6. The van der Waals surface area contributed by atoms with E-state index >= 15 is 0 Å². The zero-order chi connectivity index (χ0) is 17.6. The number of pyridine rings is 1. The minimum Gasteiger partial charge on any atom is -0.383 e. The van der Waals surface area contributed by atoms with E-state index in [0.717, 1.165) is 5.56 Å². The predicted octanol–water partition coefficient (Wildman–Crippen LogP) is 3.03. The van der Waals surface area contributed by atoms with Gasteiger partial charge in [0.1, 0.15) is 5.82 Å². The molecule has 6 nitrogen and oxygen atoms in total. The summed E-state index contributed by atoms with van der Waals surface area (Å²) in [5.74, 6) is -1.06. The second-order valence-corrected chi connectivity index (χ2v) is 6.02. The van der Waals surface area contributed by atoms with Crippen molar-refractivity contribution in [3.05, 3.63) is 60.2 Å². The van der Waals surface area contributed by atoms with Gasteiger partial charge in [0.05, 0.1) is 18.7 Å². The lowest BCUT2D eigenvalue weighted by Gasteiger charge is -2.19. The number of nitrogens with zero attached hydrogens (tertiary/aromatic N) is 4. The van der Waals surface area contributed by atoms with Gasteiger partial charge in [-0.25, -0.2) is 4.39 Å². The van der Waals surface area contributed by atoms with Crippen molar-refractivity contribution in [2.45, 2.75) is 0 Å². The van der Waals surface area contributed by atoms with Crippen molar-refractivity contribution in [3.63, 3.8) is 0 Å². The van der Waals surface area contributed by atoms with Crippen molar-refractivity contribution in [2.24, 2.45) is 0 Å². The lowest BCUT2D eigenvalue weighted by atomic mass is 10.2. The maximum absolute atomic E-state index is 14.0. The molecule has 128 valence electrons. The Morgan fingerprint density at radius 3 is 2.80 bits per heavy atom. The maximum atomic E-state index is 14.0. The Morgan fingerprint density at radius 1 is 1.24 bits per heavy atom. The molecule has 2 aromatic heterocycles. The van der Waals surface area contributed by atoms with E-state index in [1.165, 1.54) is 41.5 Å². The molecule has 0 aliphatic heterocycles. The number of benzene rings is 1. The fourth-order valence-corrected chi connectivity index (χ4v) is 3.04. The van der Waals surface area contributed by atoms with Gasteiger partial charge in [-0.2, -0.15) is 0 Å². The molecule has 0 fully saturated rings. The fourth-order valence-electron chi connectivity index (χ4n) is 2.18. The third-order valence-electron chi connectivity index (χ3n) is 3.42. The van der Waals surface area contributed by atoms with Crippen molar-refractivity contribution in [1.29, 1.82) is 0 Å². The highest BCUT2D eigenvalue weighted by Crippen LogP contribution is 2.29. The van der Waals surface area contributed by atoms with Crippen molar-refractivity contribution in [2.75, 3.05) is 25.2 Å². The predicted molar refractivity (Wildman–Crippen MR) is 93.1 cm³/mol. The zero-order valence-corrected chi connectivity index (χ0v) is 14.2. The van der Waals surface area contributed by atoms with Gasteiger partial charge in [-0.1, -0.05) is 23.5 Å². The lowest BCUT2D eigenvalue weighted by molar-refractivity contribution is 0.0972. The van der Waals surface area contributed by atoms with Crippen molar-refractivity contribution in [3.8, 4) is 10.6 Å². The molecule has 8 heteroatoms. The highest BCUT2D eigenvalue weighted by Gasteiger charge is 2.24. The fraction of sp³-hybridized carbons (Fsp3) is 0.176.